The Bertz CT molecular complexity index is 861. The number of anilines is 1. The summed E-state index contributed by atoms with van der Waals surface area (Å²) in [5.74, 6) is 0. The zero-order valence-electron chi connectivity index (χ0n) is 15.6. The lowest BCUT2D eigenvalue weighted by molar-refractivity contribution is 0.864. The summed E-state index contributed by atoms with van der Waals surface area (Å²) in [4.78, 5) is 0. The van der Waals surface area contributed by atoms with Crippen LogP contribution in [0.4, 0.5) is 5.69 Å². The van der Waals surface area contributed by atoms with Crippen LogP contribution in [0.15, 0.2) is 48.8 Å². The van der Waals surface area contributed by atoms with Gasteiger partial charge in [-0.15, -0.1) is 0 Å². The Morgan fingerprint density at radius 3 is 2.44 bits per heavy atom. The van der Waals surface area contributed by atoms with E-state index in [2.05, 4.69) is 73.8 Å². The van der Waals surface area contributed by atoms with Gasteiger partial charge in [0, 0.05) is 18.9 Å². The molecular weight excluding hydrogens is 306 g/mol. The minimum absolute atomic E-state index is 0.914. The summed E-state index contributed by atoms with van der Waals surface area (Å²) in [5, 5.41) is 7.76. The van der Waals surface area contributed by atoms with Gasteiger partial charge < -0.3 is 5.32 Å². The molecule has 0 saturated carbocycles. The van der Waals surface area contributed by atoms with Gasteiger partial charge in [0.2, 0.25) is 0 Å². The van der Waals surface area contributed by atoms with E-state index >= 15 is 0 Å². The van der Waals surface area contributed by atoms with Crippen LogP contribution in [0.1, 0.15) is 41.7 Å². The van der Waals surface area contributed by atoms with E-state index in [4.69, 9.17) is 0 Å². The number of benzene rings is 2. The minimum Gasteiger partial charge on any atom is -0.388 e. The van der Waals surface area contributed by atoms with Crippen molar-refractivity contribution < 1.29 is 0 Å². The predicted octanol–water partition coefficient (Wildman–Crippen LogP) is 4.94. The summed E-state index contributed by atoms with van der Waals surface area (Å²) in [6.45, 7) is 6.52. The number of hydrogen-bond acceptors (Lipinski definition) is 2. The molecule has 0 saturated heterocycles. The summed E-state index contributed by atoms with van der Waals surface area (Å²) in [7, 11) is 1.96. The molecule has 0 unspecified atom stereocenters. The molecule has 1 N–H and O–H groups in total. The zero-order chi connectivity index (χ0) is 17.8. The van der Waals surface area contributed by atoms with Gasteiger partial charge in [-0.25, -0.2) is 4.68 Å². The van der Waals surface area contributed by atoms with Crippen LogP contribution in [0.2, 0.25) is 0 Å². The Balaban J connectivity index is 2.04. The average Bonchev–Trinajstić information content (AvgIpc) is 3.08. The molecule has 2 aromatic carbocycles. The standard InChI is InChI=1S/C22H27N3/c1-5-17-7-8-19(18(6-2)11-17)12-20-13-21(23-4)9-10-22(20)25-15-16(3)14-24-25/h7-11,13-15,23H,5-6,12H2,1-4H3. The summed E-state index contributed by atoms with van der Waals surface area (Å²) in [5.41, 5.74) is 8.99. The lowest BCUT2D eigenvalue weighted by Gasteiger charge is -2.15. The van der Waals surface area contributed by atoms with Gasteiger partial charge in [-0.2, -0.15) is 5.10 Å². The molecule has 1 heterocycles. The van der Waals surface area contributed by atoms with E-state index in [-0.39, 0.29) is 0 Å². The second-order valence-electron chi connectivity index (χ2n) is 6.54. The molecule has 0 radical (unpaired) electrons. The minimum atomic E-state index is 0.914. The maximum atomic E-state index is 4.51. The molecule has 1 aromatic heterocycles. The molecule has 0 fully saturated rings. The van der Waals surface area contributed by atoms with Gasteiger partial charge in [-0.05, 0) is 72.2 Å². The van der Waals surface area contributed by atoms with Crippen molar-refractivity contribution in [2.24, 2.45) is 0 Å². The highest BCUT2D eigenvalue weighted by molar-refractivity contribution is 5.55. The molecule has 25 heavy (non-hydrogen) atoms. The van der Waals surface area contributed by atoms with Gasteiger partial charge in [0.05, 0.1) is 11.9 Å². The van der Waals surface area contributed by atoms with E-state index in [0.29, 0.717) is 0 Å². The van der Waals surface area contributed by atoms with Gasteiger partial charge >= 0.3 is 0 Å². The molecule has 0 atom stereocenters. The van der Waals surface area contributed by atoms with Gasteiger partial charge in [0.15, 0.2) is 0 Å². The largest absolute Gasteiger partial charge is 0.388 e. The number of rotatable bonds is 6. The first kappa shape index (κ1) is 17.3. The number of nitrogens with zero attached hydrogens (tertiary/aromatic N) is 2. The van der Waals surface area contributed by atoms with E-state index < -0.39 is 0 Å². The fourth-order valence-electron chi connectivity index (χ4n) is 3.26. The Morgan fingerprint density at radius 1 is 0.960 bits per heavy atom. The molecule has 130 valence electrons. The third-order valence-corrected chi connectivity index (χ3v) is 4.77. The number of aromatic nitrogens is 2. The maximum Gasteiger partial charge on any atom is 0.0682 e. The van der Waals surface area contributed by atoms with E-state index in [9.17, 15) is 0 Å². The lowest BCUT2D eigenvalue weighted by Crippen LogP contribution is -2.04. The molecule has 0 aliphatic heterocycles. The lowest BCUT2D eigenvalue weighted by atomic mass is 9.94. The fourth-order valence-corrected chi connectivity index (χ4v) is 3.26. The molecule has 3 heteroatoms. The molecular formula is C22H27N3. The van der Waals surface area contributed by atoms with Crippen LogP contribution < -0.4 is 5.32 Å². The third-order valence-electron chi connectivity index (χ3n) is 4.77. The van der Waals surface area contributed by atoms with Crippen LogP contribution in [0.5, 0.6) is 0 Å². The van der Waals surface area contributed by atoms with Crippen LogP contribution in [0.25, 0.3) is 5.69 Å². The normalized spacial score (nSPS) is 10.9. The van der Waals surface area contributed by atoms with Crippen LogP contribution >= 0.6 is 0 Å². The second-order valence-corrected chi connectivity index (χ2v) is 6.54. The van der Waals surface area contributed by atoms with E-state index in [1.165, 1.54) is 27.8 Å². The third kappa shape index (κ3) is 3.76. The van der Waals surface area contributed by atoms with Crippen LogP contribution in [-0.4, -0.2) is 16.8 Å². The van der Waals surface area contributed by atoms with Crippen molar-refractivity contribution in [3.63, 3.8) is 0 Å². The fraction of sp³-hybridized carbons (Fsp3) is 0.318. The highest BCUT2D eigenvalue weighted by Crippen LogP contribution is 2.25. The van der Waals surface area contributed by atoms with Crippen LogP contribution in [-0.2, 0) is 19.3 Å². The van der Waals surface area contributed by atoms with E-state index in [1.54, 1.807) is 0 Å². The van der Waals surface area contributed by atoms with Crippen molar-refractivity contribution in [1.29, 1.82) is 0 Å². The maximum absolute atomic E-state index is 4.51. The molecule has 0 aliphatic carbocycles. The van der Waals surface area contributed by atoms with Crippen molar-refractivity contribution in [2.45, 2.75) is 40.0 Å². The Morgan fingerprint density at radius 2 is 1.80 bits per heavy atom. The number of nitrogens with one attached hydrogen (secondary N) is 1. The second kappa shape index (κ2) is 7.56. The topological polar surface area (TPSA) is 29.9 Å². The van der Waals surface area contributed by atoms with Crippen molar-refractivity contribution >= 4 is 5.69 Å². The molecule has 0 bridgehead atoms. The summed E-state index contributed by atoms with van der Waals surface area (Å²) >= 11 is 0. The summed E-state index contributed by atoms with van der Waals surface area (Å²) in [6, 6.07) is 13.4. The molecule has 0 amide bonds. The molecule has 0 spiro atoms. The highest BCUT2D eigenvalue weighted by Gasteiger charge is 2.10. The van der Waals surface area contributed by atoms with Gasteiger partial charge in [0.1, 0.15) is 0 Å². The monoisotopic (exact) mass is 333 g/mol. The first-order valence-corrected chi connectivity index (χ1v) is 9.07. The van der Waals surface area contributed by atoms with Crippen molar-refractivity contribution in [3.8, 4) is 5.69 Å². The molecule has 3 rings (SSSR count). The zero-order valence-corrected chi connectivity index (χ0v) is 15.6. The average molecular weight is 333 g/mol. The Labute approximate surface area is 150 Å². The van der Waals surface area contributed by atoms with E-state index in [1.807, 2.05) is 17.9 Å². The first-order chi connectivity index (χ1) is 12.1. The number of aryl methyl sites for hydroxylation is 3. The molecule has 3 aromatic rings. The first-order valence-electron chi connectivity index (χ1n) is 9.07. The van der Waals surface area contributed by atoms with Gasteiger partial charge in [-0.3, -0.25) is 0 Å². The van der Waals surface area contributed by atoms with Crippen molar-refractivity contribution in [3.05, 3.63) is 76.6 Å². The van der Waals surface area contributed by atoms with E-state index in [0.717, 1.165) is 30.6 Å². The summed E-state index contributed by atoms with van der Waals surface area (Å²) in [6.07, 6.45) is 7.05. The molecule has 0 aliphatic rings. The van der Waals surface area contributed by atoms with Crippen LogP contribution in [0.3, 0.4) is 0 Å². The predicted molar refractivity (Wildman–Crippen MR) is 106 cm³/mol. The van der Waals surface area contributed by atoms with Crippen molar-refractivity contribution in [2.75, 3.05) is 12.4 Å². The SMILES string of the molecule is CCc1ccc(Cc2cc(NC)ccc2-n2cc(C)cn2)c(CC)c1. The highest BCUT2D eigenvalue weighted by atomic mass is 15.3. The summed E-state index contributed by atoms with van der Waals surface area (Å²) < 4.78 is 1.98. The van der Waals surface area contributed by atoms with Crippen LogP contribution in [0, 0.1) is 6.92 Å². The number of hydrogen-bond donors (Lipinski definition) is 1. The quantitative estimate of drug-likeness (QED) is 0.692. The Hall–Kier alpha value is -2.55. The van der Waals surface area contributed by atoms with Crippen molar-refractivity contribution in [1.82, 2.24) is 9.78 Å². The smallest absolute Gasteiger partial charge is 0.0682 e. The van der Waals surface area contributed by atoms with Gasteiger partial charge in [-0.1, -0.05) is 32.0 Å². The Kier molecular flexibility index (Phi) is 5.22. The molecule has 3 nitrogen and oxygen atoms in total. The van der Waals surface area contributed by atoms with Gasteiger partial charge in [0.25, 0.3) is 0 Å².